The SMILES string of the molecule is CN1CC(C)(c2ccc(-c3ccc(OC4CC(C)(C)NC(C)(C)C4)nn3)s2)C=N1. The predicted molar refractivity (Wildman–Crippen MR) is 119 cm³/mol. The molecule has 1 saturated heterocycles. The molecule has 156 valence electrons. The van der Waals surface area contributed by atoms with Crippen molar-refractivity contribution in [3.05, 3.63) is 29.1 Å². The van der Waals surface area contributed by atoms with Gasteiger partial charge in [-0.25, -0.2) is 0 Å². The molecule has 0 amide bonds. The topological polar surface area (TPSA) is 62.6 Å². The fraction of sp³-hybridized carbons (Fsp3) is 0.591. The maximum absolute atomic E-state index is 6.20. The molecule has 29 heavy (non-hydrogen) atoms. The minimum atomic E-state index is -0.0389. The number of nitrogens with one attached hydrogen (secondary N) is 1. The summed E-state index contributed by atoms with van der Waals surface area (Å²) >= 11 is 1.76. The van der Waals surface area contributed by atoms with Crippen molar-refractivity contribution in [2.45, 2.75) is 70.1 Å². The third-order valence-electron chi connectivity index (χ3n) is 5.60. The number of thiophene rings is 1. The van der Waals surface area contributed by atoms with Gasteiger partial charge in [-0.2, -0.15) is 5.10 Å². The molecule has 1 N–H and O–H groups in total. The summed E-state index contributed by atoms with van der Waals surface area (Å²) in [6, 6.07) is 8.25. The normalized spacial score (nSPS) is 26.1. The predicted octanol–water partition coefficient (Wildman–Crippen LogP) is 4.08. The van der Waals surface area contributed by atoms with Gasteiger partial charge in [0, 0.05) is 48.1 Å². The second-order valence-electron chi connectivity index (χ2n) is 9.94. The average Bonchev–Trinajstić information content (AvgIpc) is 3.21. The van der Waals surface area contributed by atoms with Gasteiger partial charge in [-0.15, -0.1) is 21.5 Å². The van der Waals surface area contributed by atoms with Crippen LogP contribution in [0.25, 0.3) is 10.6 Å². The molecule has 2 aromatic rings. The van der Waals surface area contributed by atoms with Crippen LogP contribution in [0.2, 0.25) is 0 Å². The molecule has 1 atom stereocenters. The quantitative estimate of drug-likeness (QED) is 0.818. The standard InChI is InChI=1S/C22H31N5OS/c1-20(2)11-15(12-21(3,4)26-20)28-19-10-7-16(24-25-19)17-8-9-18(29-17)22(5)13-23-27(6)14-22/h7-10,13,15,26H,11-12,14H2,1-6H3. The first-order chi connectivity index (χ1) is 13.5. The molecule has 2 aliphatic heterocycles. The molecule has 0 spiro atoms. The Morgan fingerprint density at radius 1 is 1.03 bits per heavy atom. The van der Waals surface area contributed by atoms with Crippen molar-refractivity contribution < 1.29 is 4.74 Å². The average molecular weight is 414 g/mol. The lowest BCUT2D eigenvalue weighted by Gasteiger charge is -2.46. The Balaban J connectivity index is 1.46. The molecule has 4 rings (SSSR count). The van der Waals surface area contributed by atoms with E-state index >= 15 is 0 Å². The molecule has 0 bridgehead atoms. The number of hydrogen-bond donors (Lipinski definition) is 1. The van der Waals surface area contributed by atoms with E-state index in [-0.39, 0.29) is 22.6 Å². The molecular weight excluding hydrogens is 382 g/mol. The molecule has 2 aliphatic rings. The highest BCUT2D eigenvalue weighted by Gasteiger charge is 2.39. The first-order valence-corrected chi connectivity index (χ1v) is 11.0. The van der Waals surface area contributed by atoms with Crippen LogP contribution in [0.1, 0.15) is 52.3 Å². The van der Waals surface area contributed by atoms with Gasteiger partial charge < -0.3 is 10.1 Å². The number of piperidine rings is 1. The van der Waals surface area contributed by atoms with Crippen LogP contribution in [0.4, 0.5) is 0 Å². The van der Waals surface area contributed by atoms with Crippen molar-refractivity contribution in [3.8, 4) is 16.5 Å². The van der Waals surface area contributed by atoms with Crippen LogP contribution in [-0.2, 0) is 5.41 Å². The van der Waals surface area contributed by atoms with E-state index in [0.717, 1.165) is 30.0 Å². The molecular formula is C22H31N5OS. The number of likely N-dealkylation sites (N-methyl/N-ethyl adjacent to an activating group) is 1. The van der Waals surface area contributed by atoms with E-state index in [9.17, 15) is 0 Å². The van der Waals surface area contributed by atoms with E-state index in [4.69, 9.17) is 4.74 Å². The maximum atomic E-state index is 6.20. The molecule has 1 fully saturated rings. The maximum Gasteiger partial charge on any atom is 0.233 e. The van der Waals surface area contributed by atoms with Crippen LogP contribution in [-0.4, -0.2) is 52.2 Å². The van der Waals surface area contributed by atoms with Gasteiger partial charge in [0.25, 0.3) is 0 Å². The monoisotopic (exact) mass is 413 g/mol. The minimum absolute atomic E-state index is 0.0389. The van der Waals surface area contributed by atoms with Crippen molar-refractivity contribution in [3.63, 3.8) is 0 Å². The second-order valence-corrected chi connectivity index (χ2v) is 11.0. The lowest BCUT2D eigenvalue weighted by Crippen LogP contribution is -2.60. The van der Waals surface area contributed by atoms with Gasteiger partial charge in [-0.05, 0) is 52.8 Å². The highest BCUT2D eigenvalue weighted by atomic mass is 32.1. The van der Waals surface area contributed by atoms with Gasteiger partial charge in [0.1, 0.15) is 11.8 Å². The van der Waals surface area contributed by atoms with Crippen molar-refractivity contribution in [2.75, 3.05) is 13.6 Å². The van der Waals surface area contributed by atoms with Crippen molar-refractivity contribution in [2.24, 2.45) is 5.10 Å². The first-order valence-electron chi connectivity index (χ1n) is 10.2. The molecule has 0 saturated carbocycles. The molecule has 7 heteroatoms. The summed E-state index contributed by atoms with van der Waals surface area (Å²) in [6.07, 6.45) is 4.06. The summed E-state index contributed by atoms with van der Waals surface area (Å²) in [5.41, 5.74) is 0.927. The highest BCUT2D eigenvalue weighted by molar-refractivity contribution is 7.15. The number of ether oxygens (including phenoxy) is 1. The summed E-state index contributed by atoms with van der Waals surface area (Å²) in [7, 11) is 2.01. The third kappa shape index (κ3) is 4.46. The zero-order chi connectivity index (χ0) is 20.9. The van der Waals surface area contributed by atoms with Gasteiger partial charge in [0.2, 0.25) is 5.88 Å². The molecule has 4 heterocycles. The molecule has 0 aromatic carbocycles. The smallest absolute Gasteiger partial charge is 0.233 e. The van der Waals surface area contributed by atoms with E-state index in [1.165, 1.54) is 4.88 Å². The van der Waals surface area contributed by atoms with Crippen molar-refractivity contribution in [1.29, 1.82) is 0 Å². The Morgan fingerprint density at radius 3 is 2.34 bits per heavy atom. The summed E-state index contributed by atoms with van der Waals surface area (Å²) in [6.45, 7) is 12.0. The fourth-order valence-corrected chi connectivity index (χ4v) is 5.78. The van der Waals surface area contributed by atoms with Crippen LogP contribution in [0.5, 0.6) is 5.88 Å². The molecule has 6 nitrogen and oxygen atoms in total. The lowest BCUT2D eigenvalue weighted by molar-refractivity contribution is 0.0524. The zero-order valence-electron chi connectivity index (χ0n) is 18.2. The minimum Gasteiger partial charge on any atom is -0.473 e. The van der Waals surface area contributed by atoms with Crippen LogP contribution in [0, 0.1) is 0 Å². The molecule has 0 radical (unpaired) electrons. The van der Waals surface area contributed by atoms with Crippen molar-refractivity contribution >= 4 is 17.6 Å². The second kappa shape index (κ2) is 7.06. The summed E-state index contributed by atoms with van der Waals surface area (Å²) in [5.74, 6) is 0.598. The van der Waals surface area contributed by atoms with E-state index in [2.05, 4.69) is 67.4 Å². The largest absolute Gasteiger partial charge is 0.473 e. The van der Waals surface area contributed by atoms with Crippen LogP contribution in [0.3, 0.4) is 0 Å². The van der Waals surface area contributed by atoms with Crippen LogP contribution in [0.15, 0.2) is 29.4 Å². The number of aromatic nitrogens is 2. The van der Waals surface area contributed by atoms with Gasteiger partial charge >= 0.3 is 0 Å². The van der Waals surface area contributed by atoms with E-state index < -0.39 is 0 Å². The Hall–Kier alpha value is -1.99. The lowest BCUT2D eigenvalue weighted by atomic mass is 9.81. The van der Waals surface area contributed by atoms with Gasteiger partial charge in [-0.1, -0.05) is 0 Å². The Kier molecular flexibility index (Phi) is 4.94. The van der Waals surface area contributed by atoms with Gasteiger partial charge in [-0.3, -0.25) is 5.01 Å². The number of nitrogens with zero attached hydrogens (tertiary/aromatic N) is 4. The van der Waals surface area contributed by atoms with Crippen molar-refractivity contribution in [1.82, 2.24) is 20.5 Å². The first kappa shape index (κ1) is 20.3. The van der Waals surface area contributed by atoms with Crippen LogP contribution < -0.4 is 10.1 Å². The molecule has 2 aromatic heterocycles. The third-order valence-corrected chi connectivity index (χ3v) is 6.99. The summed E-state index contributed by atoms with van der Waals surface area (Å²) in [4.78, 5) is 2.41. The summed E-state index contributed by atoms with van der Waals surface area (Å²) in [5, 5.41) is 18.9. The number of rotatable bonds is 4. The number of hydrazone groups is 1. The number of hydrogen-bond acceptors (Lipinski definition) is 7. The van der Waals surface area contributed by atoms with E-state index in [1.54, 1.807) is 11.3 Å². The molecule has 0 aliphatic carbocycles. The fourth-order valence-electron chi connectivity index (χ4n) is 4.70. The van der Waals surface area contributed by atoms with Gasteiger partial charge in [0.05, 0.1) is 16.8 Å². The van der Waals surface area contributed by atoms with Crippen LogP contribution >= 0.6 is 11.3 Å². The highest BCUT2D eigenvalue weighted by Crippen LogP contribution is 2.36. The van der Waals surface area contributed by atoms with E-state index in [0.29, 0.717) is 5.88 Å². The summed E-state index contributed by atoms with van der Waals surface area (Å²) < 4.78 is 6.20. The Labute approximate surface area is 177 Å². The van der Waals surface area contributed by atoms with Gasteiger partial charge in [0.15, 0.2) is 0 Å². The molecule has 1 unspecified atom stereocenters. The Morgan fingerprint density at radius 2 is 1.76 bits per heavy atom. The zero-order valence-corrected chi connectivity index (χ0v) is 19.0. The Bertz CT molecular complexity index is 888. The van der Waals surface area contributed by atoms with E-state index in [1.807, 2.05) is 30.4 Å².